The second-order valence-electron chi connectivity index (χ2n) is 5.04. The average Bonchev–Trinajstić information content (AvgIpc) is 2.52. The average molecular weight is 332 g/mol. The number of hydrogen-bond acceptors (Lipinski definition) is 6. The summed E-state index contributed by atoms with van der Waals surface area (Å²) in [5.41, 5.74) is 7.48. The Labute approximate surface area is 139 Å². The van der Waals surface area contributed by atoms with E-state index in [1.54, 1.807) is 13.2 Å². The number of ether oxygens (including phenoxy) is 1. The highest BCUT2D eigenvalue weighted by Crippen LogP contribution is 2.21. The van der Waals surface area contributed by atoms with E-state index in [4.69, 9.17) is 10.5 Å². The molecule has 0 bridgehead atoms. The molecule has 23 heavy (non-hydrogen) atoms. The van der Waals surface area contributed by atoms with Crippen LogP contribution in [0.3, 0.4) is 0 Å². The standard InChI is InChI=1S/C16H20N4O2S/c1-10-8-14(17)20-16(19-10)23-11(2)15(21)18-9-12-4-6-13(22-3)7-5-12/h4-8,11H,9H2,1-3H3,(H,18,21)(H2,17,19,20)/t11-/m1/s1. The smallest absolute Gasteiger partial charge is 0.233 e. The fraction of sp³-hybridized carbons (Fsp3) is 0.312. The number of nitrogens with two attached hydrogens (primary N) is 1. The monoisotopic (exact) mass is 332 g/mol. The molecule has 1 aromatic carbocycles. The molecule has 0 spiro atoms. The second-order valence-corrected chi connectivity index (χ2v) is 6.35. The van der Waals surface area contributed by atoms with Crippen molar-refractivity contribution >= 4 is 23.5 Å². The van der Waals surface area contributed by atoms with Crippen molar-refractivity contribution in [1.82, 2.24) is 15.3 Å². The number of methoxy groups -OCH3 is 1. The number of nitrogens with zero attached hydrogens (tertiary/aromatic N) is 2. The summed E-state index contributed by atoms with van der Waals surface area (Å²) in [5.74, 6) is 1.12. The Hall–Kier alpha value is -2.28. The summed E-state index contributed by atoms with van der Waals surface area (Å²) in [7, 11) is 1.62. The van der Waals surface area contributed by atoms with Gasteiger partial charge in [-0.1, -0.05) is 23.9 Å². The van der Waals surface area contributed by atoms with Crippen LogP contribution < -0.4 is 15.8 Å². The van der Waals surface area contributed by atoms with E-state index >= 15 is 0 Å². The van der Waals surface area contributed by atoms with Gasteiger partial charge in [0.25, 0.3) is 0 Å². The molecule has 2 aromatic rings. The van der Waals surface area contributed by atoms with Gasteiger partial charge in [-0.3, -0.25) is 4.79 Å². The highest BCUT2D eigenvalue weighted by Gasteiger charge is 2.16. The minimum absolute atomic E-state index is 0.0745. The Kier molecular flexibility index (Phi) is 5.81. The Morgan fingerprint density at radius 2 is 2.04 bits per heavy atom. The first-order valence-corrected chi connectivity index (χ1v) is 8.04. The number of amides is 1. The quantitative estimate of drug-likeness (QED) is 0.622. The van der Waals surface area contributed by atoms with Crippen LogP contribution in [-0.2, 0) is 11.3 Å². The van der Waals surface area contributed by atoms with E-state index in [0.29, 0.717) is 17.5 Å². The molecule has 1 amide bonds. The first kappa shape index (κ1) is 17.1. The zero-order valence-corrected chi connectivity index (χ0v) is 14.2. The van der Waals surface area contributed by atoms with Gasteiger partial charge in [-0.25, -0.2) is 9.97 Å². The maximum absolute atomic E-state index is 12.2. The van der Waals surface area contributed by atoms with Gasteiger partial charge in [-0.05, 0) is 31.5 Å². The molecule has 122 valence electrons. The van der Waals surface area contributed by atoms with Crippen molar-refractivity contribution in [1.29, 1.82) is 0 Å². The number of carbonyl (C=O) groups excluding carboxylic acids is 1. The second kappa shape index (κ2) is 7.82. The molecule has 1 atom stereocenters. The van der Waals surface area contributed by atoms with Crippen LogP contribution in [0.1, 0.15) is 18.2 Å². The van der Waals surface area contributed by atoms with Gasteiger partial charge in [0.05, 0.1) is 12.4 Å². The van der Waals surface area contributed by atoms with Crippen LogP contribution in [0.15, 0.2) is 35.5 Å². The number of nitrogen functional groups attached to an aromatic ring is 1. The van der Waals surface area contributed by atoms with Gasteiger partial charge in [0.1, 0.15) is 11.6 Å². The summed E-state index contributed by atoms with van der Waals surface area (Å²) in [6, 6.07) is 9.26. The Balaban J connectivity index is 1.89. The van der Waals surface area contributed by atoms with Crippen LogP contribution in [0.5, 0.6) is 5.75 Å². The van der Waals surface area contributed by atoms with Gasteiger partial charge < -0.3 is 15.8 Å². The van der Waals surface area contributed by atoms with Crippen molar-refractivity contribution in [3.8, 4) is 5.75 Å². The van der Waals surface area contributed by atoms with Crippen molar-refractivity contribution in [3.05, 3.63) is 41.6 Å². The summed E-state index contributed by atoms with van der Waals surface area (Å²) in [5, 5.41) is 3.10. The normalized spacial score (nSPS) is 11.8. The van der Waals surface area contributed by atoms with Crippen LogP contribution >= 0.6 is 11.8 Å². The SMILES string of the molecule is COc1ccc(CNC(=O)[C@@H](C)Sc2nc(C)cc(N)n2)cc1. The molecule has 1 heterocycles. The molecule has 0 saturated carbocycles. The number of aryl methyl sites for hydroxylation is 1. The lowest BCUT2D eigenvalue weighted by Gasteiger charge is -2.12. The number of anilines is 1. The summed E-state index contributed by atoms with van der Waals surface area (Å²) < 4.78 is 5.10. The van der Waals surface area contributed by atoms with E-state index in [9.17, 15) is 4.79 Å². The van der Waals surface area contributed by atoms with E-state index in [1.807, 2.05) is 38.1 Å². The molecule has 6 nitrogen and oxygen atoms in total. The Morgan fingerprint density at radius 1 is 1.35 bits per heavy atom. The maximum atomic E-state index is 12.2. The molecule has 1 aromatic heterocycles. The molecule has 3 N–H and O–H groups in total. The molecule has 0 saturated heterocycles. The summed E-state index contributed by atoms with van der Waals surface area (Å²) in [6.45, 7) is 4.12. The van der Waals surface area contributed by atoms with Crippen molar-refractivity contribution in [2.45, 2.75) is 30.8 Å². The fourth-order valence-electron chi connectivity index (χ4n) is 1.91. The van der Waals surface area contributed by atoms with Crippen LogP contribution in [0.4, 0.5) is 5.82 Å². The molecule has 2 rings (SSSR count). The number of rotatable bonds is 6. The molecule has 0 unspecified atom stereocenters. The lowest BCUT2D eigenvalue weighted by Crippen LogP contribution is -2.30. The zero-order valence-electron chi connectivity index (χ0n) is 13.4. The fourth-order valence-corrected chi connectivity index (χ4v) is 2.77. The third kappa shape index (κ3) is 5.14. The summed E-state index contributed by atoms with van der Waals surface area (Å²) in [6.07, 6.45) is 0. The maximum Gasteiger partial charge on any atom is 0.233 e. The number of benzene rings is 1. The van der Waals surface area contributed by atoms with Crippen LogP contribution in [0.25, 0.3) is 0 Å². The van der Waals surface area contributed by atoms with Gasteiger partial charge in [0, 0.05) is 18.3 Å². The van der Waals surface area contributed by atoms with Crippen molar-refractivity contribution < 1.29 is 9.53 Å². The molecule has 0 aliphatic rings. The highest BCUT2D eigenvalue weighted by atomic mass is 32.2. The lowest BCUT2D eigenvalue weighted by atomic mass is 10.2. The molecule has 0 radical (unpaired) electrons. The van der Waals surface area contributed by atoms with Gasteiger partial charge in [-0.2, -0.15) is 0 Å². The topological polar surface area (TPSA) is 90.1 Å². The highest BCUT2D eigenvalue weighted by molar-refractivity contribution is 8.00. The Morgan fingerprint density at radius 3 is 2.65 bits per heavy atom. The molecule has 0 fully saturated rings. The summed E-state index contributed by atoms with van der Waals surface area (Å²) >= 11 is 1.29. The van der Waals surface area contributed by atoms with Gasteiger partial charge >= 0.3 is 0 Å². The predicted octanol–water partition coefficient (Wildman–Crippen LogP) is 2.17. The molecule has 7 heteroatoms. The lowest BCUT2D eigenvalue weighted by molar-refractivity contribution is -0.120. The number of aromatic nitrogens is 2. The van der Waals surface area contributed by atoms with Gasteiger partial charge in [-0.15, -0.1) is 0 Å². The van der Waals surface area contributed by atoms with E-state index in [2.05, 4.69) is 15.3 Å². The van der Waals surface area contributed by atoms with Crippen LogP contribution in [0, 0.1) is 6.92 Å². The minimum atomic E-state index is -0.311. The first-order valence-electron chi connectivity index (χ1n) is 7.16. The Bertz CT molecular complexity index is 656. The predicted molar refractivity (Wildman–Crippen MR) is 91.3 cm³/mol. The molecular formula is C16H20N4O2S. The first-order chi connectivity index (χ1) is 11.0. The number of nitrogens with one attached hydrogen (secondary N) is 1. The van der Waals surface area contributed by atoms with Crippen molar-refractivity contribution in [2.75, 3.05) is 12.8 Å². The van der Waals surface area contributed by atoms with Crippen molar-refractivity contribution in [2.24, 2.45) is 0 Å². The van der Waals surface area contributed by atoms with Crippen LogP contribution in [0.2, 0.25) is 0 Å². The summed E-state index contributed by atoms with van der Waals surface area (Å²) in [4.78, 5) is 20.6. The zero-order chi connectivity index (χ0) is 16.8. The third-order valence-corrected chi connectivity index (χ3v) is 4.09. The van der Waals surface area contributed by atoms with E-state index in [0.717, 1.165) is 17.0 Å². The van der Waals surface area contributed by atoms with E-state index < -0.39 is 0 Å². The minimum Gasteiger partial charge on any atom is -0.497 e. The van der Waals surface area contributed by atoms with E-state index in [1.165, 1.54) is 11.8 Å². The van der Waals surface area contributed by atoms with Crippen LogP contribution in [-0.4, -0.2) is 28.2 Å². The van der Waals surface area contributed by atoms with Gasteiger partial charge in [0.15, 0.2) is 5.16 Å². The number of thioether (sulfide) groups is 1. The van der Waals surface area contributed by atoms with Crippen molar-refractivity contribution in [3.63, 3.8) is 0 Å². The molecule has 0 aliphatic carbocycles. The van der Waals surface area contributed by atoms with Gasteiger partial charge in [0.2, 0.25) is 5.91 Å². The molecule has 0 aliphatic heterocycles. The number of hydrogen-bond donors (Lipinski definition) is 2. The van der Waals surface area contributed by atoms with E-state index in [-0.39, 0.29) is 11.2 Å². The third-order valence-electron chi connectivity index (χ3n) is 3.13. The molecular weight excluding hydrogens is 312 g/mol. The largest absolute Gasteiger partial charge is 0.497 e. The number of carbonyl (C=O) groups is 1.